The van der Waals surface area contributed by atoms with Crippen LogP contribution in [0.1, 0.15) is 11.6 Å². The molecule has 11 heavy (non-hydrogen) atoms. The maximum Gasteiger partial charge on any atom is 0.109 e. The van der Waals surface area contributed by atoms with Crippen LogP contribution in [0.5, 0.6) is 0 Å². The first-order chi connectivity index (χ1) is 4.84. The van der Waals surface area contributed by atoms with Gasteiger partial charge in [0.15, 0.2) is 0 Å². The zero-order chi connectivity index (χ0) is 7.40. The van der Waals surface area contributed by atoms with Crippen molar-refractivity contribution in [2.75, 3.05) is 6.67 Å². The number of nitrogens with zero attached hydrogens (tertiary/aromatic N) is 1. The molecule has 0 bridgehead atoms. The van der Waals surface area contributed by atoms with Gasteiger partial charge >= 0.3 is 0 Å². The Bertz CT molecular complexity index is 193. The van der Waals surface area contributed by atoms with Gasteiger partial charge in [-0.1, -0.05) is 6.07 Å². The topological polar surface area (TPSA) is 38.9 Å². The van der Waals surface area contributed by atoms with Crippen LogP contribution in [-0.4, -0.2) is 11.7 Å². The predicted molar refractivity (Wildman–Crippen MR) is 44.4 cm³/mol. The van der Waals surface area contributed by atoms with Gasteiger partial charge < -0.3 is 5.73 Å². The molecule has 2 nitrogen and oxygen atoms in total. The van der Waals surface area contributed by atoms with Gasteiger partial charge in [0, 0.05) is 12.4 Å². The van der Waals surface area contributed by atoms with Crippen molar-refractivity contribution in [3.8, 4) is 0 Å². The number of nitrogens with two attached hydrogens (primary N) is 1. The van der Waals surface area contributed by atoms with Crippen LogP contribution in [0.2, 0.25) is 0 Å². The minimum atomic E-state index is -0.536. The fourth-order valence-corrected chi connectivity index (χ4v) is 0.684. The van der Waals surface area contributed by atoms with Gasteiger partial charge in [0.25, 0.3) is 0 Å². The summed E-state index contributed by atoms with van der Waals surface area (Å²) >= 11 is 0. The van der Waals surface area contributed by atoms with Crippen molar-refractivity contribution < 1.29 is 4.39 Å². The zero-order valence-electron chi connectivity index (χ0n) is 5.90. The summed E-state index contributed by atoms with van der Waals surface area (Å²) in [5.74, 6) is 0. The van der Waals surface area contributed by atoms with Crippen LogP contribution in [0.4, 0.5) is 4.39 Å². The Morgan fingerprint density at radius 1 is 1.64 bits per heavy atom. The molecule has 4 heteroatoms. The average molecular weight is 177 g/mol. The third-order valence-electron chi connectivity index (χ3n) is 1.28. The van der Waals surface area contributed by atoms with Gasteiger partial charge in [-0.05, 0) is 11.6 Å². The lowest BCUT2D eigenvalue weighted by molar-refractivity contribution is 0.436. The first-order valence-electron chi connectivity index (χ1n) is 3.06. The summed E-state index contributed by atoms with van der Waals surface area (Å²) in [6.45, 7) is -0.536. The summed E-state index contributed by atoms with van der Waals surface area (Å²) in [7, 11) is 0. The predicted octanol–water partition coefficient (Wildman–Crippen LogP) is 1.47. The first kappa shape index (κ1) is 10.3. The molecular weight excluding hydrogens is 167 g/mol. The second-order valence-electron chi connectivity index (χ2n) is 2.05. The molecule has 0 aliphatic rings. The van der Waals surface area contributed by atoms with Gasteiger partial charge in [-0.25, -0.2) is 4.39 Å². The smallest absolute Gasteiger partial charge is 0.109 e. The van der Waals surface area contributed by atoms with Crippen molar-refractivity contribution in [3.63, 3.8) is 0 Å². The molecule has 0 saturated heterocycles. The van der Waals surface area contributed by atoms with E-state index in [-0.39, 0.29) is 12.4 Å². The van der Waals surface area contributed by atoms with Crippen LogP contribution in [0.3, 0.4) is 0 Å². The second-order valence-corrected chi connectivity index (χ2v) is 2.05. The SMILES string of the molecule is Cl.N[C@@H](CF)c1cccnc1. The highest BCUT2D eigenvalue weighted by molar-refractivity contribution is 5.85. The van der Waals surface area contributed by atoms with E-state index in [9.17, 15) is 4.39 Å². The van der Waals surface area contributed by atoms with E-state index in [1.807, 2.05) is 0 Å². The maximum absolute atomic E-state index is 11.9. The Kier molecular flexibility index (Phi) is 4.74. The molecule has 1 atom stereocenters. The fourth-order valence-electron chi connectivity index (χ4n) is 0.684. The van der Waals surface area contributed by atoms with Crippen LogP contribution >= 0.6 is 12.4 Å². The Morgan fingerprint density at radius 3 is 2.82 bits per heavy atom. The average Bonchev–Trinajstić information content (AvgIpc) is 2.05. The minimum Gasteiger partial charge on any atom is -0.322 e. The third-order valence-corrected chi connectivity index (χ3v) is 1.28. The molecule has 0 saturated carbocycles. The highest BCUT2D eigenvalue weighted by atomic mass is 35.5. The summed E-state index contributed by atoms with van der Waals surface area (Å²) in [5.41, 5.74) is 6.12. The van der Waals surface area contributed by atoms with Crippen LogP contribution < -0.4 is 5.73 Å². The van der Waals surface area contributed by atoms with Crippen molar-refractivity contribution in [2.24, 2.45) is 5.73 Å². The van der Waals surface area contributed by atoms with Crippen molar-refractivity contribution in [3.05, 3.63) is 30.1 Å². The number of hydrogen-bond donors (Lipinski definition) is 1. The molecule has 0 aliphatic heterocycles. The molecule has 0 spiro atoms. The van der Waals surface area contributed by atoms with E-state index in [4.69, 9.17) is 5.73 Å². The Balaban J connectivity index is 0.000001000. The summed E-state index contributed by atoms with van der Waals surface area (Å²) in [6.07, 6.45) is 3.21. The van der Waals surface area contributed by atoms with Gasteiger partial charge in [0.1, 0.15) is 6.67 Å². The molecular formula is C7H10ClFN2. The molecule has 0 aliphatic carbocycles. The van der Waals surface area contributed by atoms with E-state index in [0.29, 0.717) is 0 Å². The molecule has 0 radical (unpaired) electrons. The summed E-state index contributed by atoms with van der Waals surface area (Å²) in [4.78, 5) is 3.81. The largest absolute Gasteiger partial charge is 0.322 e. The van der Waals surface area contributed by atoms with Gasteiger partial charge in [-0.2, -0.15) is 0 Å². The minimum absolute atomic E-state index is 0. The van der Waals surface area contributed by atoms with E-state index < -0.39 is 12.7 Å². The van der Waals surface area contributed by atoms with Gasteiger partial charge in [0.2, 0.25) is 0 Å². The Labute approximate surface area is 71.0 Å². The molecule has 2 N–H and O–H groups in total. The molecule has 1 aromatic rings. The highest BCUT2D eigenvalue weighted by Crippen LogP contribution is 2.06. The third kappa shape index (κ3) is 2.82. The van der Waals surface area contributed by atoms with E-state index in [2.05, 4.69) is 4.98 Å². The van der Waals surface area contributed by atoms with Crippen LogP contribution in [0.25, 0.3) is 0 Å². The van der Waals surface area contributed by atoms with Crippen molar-refractivity contribution in [1.82, 2.24) is 4.98 Å². The number of halogens is 2. The van der Waals surface area contributed by atoms with E-state index in [1.54, 1.807) is 24.5 Å². The van der Waals surface area contributed by atoms with Gasteiger partial charge in [-0.15, -0.1) is 12.4 Å². The fraction of sp³-hybridized carbons (Fsp3) is 0.286. The van der Waals surface area contributed by atoms with Crippen molar-refractivity contribution >= 4 is 12.4 Å². The number of pyridine rings is 1. The number of hydrogen-bond acceptors (Lipinski definition) is 2. The van der Waals surface area contributed by atoms with Crippen molar-refractivity contribution in [1.29, 1.82) is 0 Å². The van der Waals surface area contributed by atoms with Crippen LogP contribution in [0.15, 0.2) is 24.5 Å². The molecule has 0 fully saturated rings. The second kappa shape index (κ2) is 5.04. The lowest BCUT2D eigenvalue weighted by atomic mass is 10.1. The molecule has 1 aromatic heterocycles. The monoisotopic (exact) mass is 176 g/mol. The normalized spacial score (nSPS) is 11.8. The zero-order valence-corrected chi connectivity index (χ0v) is 6.72. The first-order valence-corrected chi connectivity index (χ1v) is 3.06. The number of aromatic nitrogens is 1. The van der Waals surface area contributed by atoms with Gasteiger partial charge in [0.05, 0.1) is 6.04 Å². The molecule has 0 aromatic carbocycles. The highest BCUT2D eigenvalue weighted by Gasteiger charge is 2.02. The lowest BCUT2D eigenvalue weighted by Crippen LogP contribution is -2.11. The quantitative estimate of drug-likeness (QED) is 0.741. The standard InChI is InChI=1S/C7H9FN2.ClH/c8-4-7(9)6-2-1-3-10-5-6;/h1-3,5,7H,4,9H2;1H/t7-;/m0./s1. The summed E-state index contributed by atoms with van der Waals surface area (Å²) < 4.78 is 11.9. The molecule has 62 valence electrons. The van der Waals surface area contributed by atoms with Gasteiger partial charge in [-0.3, -0.25) is 4.98 Å². The molecule has 0 amide bonds. The van der Waals surface area contributed by atoms with Crippen LogP contribution in [-0.2, 0) is 0 Å². The summed E-state index contributed by atoms with van der Waals surface area (Å²) in [5, 5.41) is 0. The van der Waals surface area contributed by atoms with Crippen LogP contribution in [0, 0.1) is 0 Å². The summed E-state index contributed by atoms with van der Waals surface area (Å²) in [6, 6.07) is 2.98. The van der Waals surface area contributed by atoms with E-state index in [0.717, 1.165) is 5.56 Å². The Morgan fingerprint density at radius 2 is 2.36 bits per heavy atom. The van der Waals surface area contributed by atoms with E-state index >= 15 is 0 Å². The number of alkyl halides is 1. The Hall–Kier alpha value is -0.670. The maximum atomic E-state index is 11.9. The molecule has 1 heterocycles. The number of rotatable bonds is 2. The van der Waals surface area contributed by atoms with Crippen molar-refractivity contribution in [2.45, 2.75) is 6.04 Å². The van der Waals surface area contributed by atoms with E-state index in [1.165, 1.54) is 0 Å². The lowest BCUT2D eigenvalue weighted by Gasteiger charge is -2.04. The molecule has 1 rings (SSSR count). The molecule has 0 unspecified atom stereocenters.